The average molecular weight is 286 g/mol. The van der Waals surface area contributed by atoms with E-state index < -0.39 is 7.37 Å². The van der Waals surface area contributed by atoms with Crippen molar-refractivity contribution in [3.05, 3.63) is 30.3 Å². The van der Waals surface area contributed by atoms with Crippen LogP contribution in [-0.2, 0) is 4.57 Å². The lowest BCUT2D eigenvalue weighted by atomic mass is 10.3. The summed E-state index contributed by atoms with van der Waals surface area (Å²) in [5.41, 5.74) is 0. The number of benzene rings is 1. The predicted molar refractivity (Wildman–Crippen MR) is 77.1 cm³/mol. The highest BCUT2D eigenvalue weighted by Gasteiger charge is 2.23. The Morgan fingerprint density at radius 1 is 0.895 bits per heavy atom. The molecule has 0 amide bonds. The van der Waals surface area contributed by atoms with Crippen LogP contribution in [0.4, 0.5) is 0 Å². The van der Waals surface area contributed by atoms with E-state index in [0.717, 1.165) is 0 Å². The molecule has 19 heavy (non-hydrogen) atoms. The SMILES string of the molecule is O=P(CCCCO)(CCCCO)Oc1ccccc1. The van der Waals surface area contributed by atoms with Crippen molar-refractivity contribution in [2.75, 3.05) is 25.5 Å². The molecule has 0 radical (unpaired) electrons. The molecule has 0 fully saturated rings. The van der Waals surface area contributed by atoms with Gasteiger partial charge in [0.15, 0.2) is 0 Å². The third-order valence-corrected chi connectivity index (χ3v) is 5.37. The third-order valence-electron chi connectivity index (χ3n) is 2.83. The molecule has 2 N–H and O–H groups in total. The van der Waals surface area contributed by atoms with E-state index in [1.807, 2.05) is 18.2 Å². The Kier molecular flexibility index (Phi) is 7.80. The minimum Gasteiger partial charge on any atom is -0.443 e. The molecule has 1 aromatic rings. The maximum absolute atomic E-state index is 12.7. The van der Waals surface area contributed by atoms with Crippen LogP contribution in [0.1, 0.15) is 25.7 Å². The van der Waals surface area contributed by atoms with Crippen LogP contribution in [-0.4, -0.2) is 35.8 Å². The fraction of sp³-hybridized carbons (Fsp3) is 0.571. The van der Waals surface area contributed by atoms with Gasteiger partial charge in [-0.3, -0.25) is 4.57 Å². The first-order valence-corrected chi connectivity index (χ1v) is 8.74. The maximum Gasteiger partial charge on any atom is 0.247 e. The van der Waals surface area contributed by atoms with Crippen molar-refractivity contribution in [2.45, 2.75) is 25.7 Å². The second-order valence-corrected chi connectivity index (χ2v) is 7.23. The van der Waals surface area contributed by atoms with E-state index in [4.69, 9.17) is 14.7 Å². The molecule has 0 heterocycles. The van der Waals surface area contributed by atoms with Crippen molar-refractivity contribution in [2.24, 2.45) is 0 Å². The molecule has 0 aliphatic carbocycles. The van der Waals surface area contributed by atoms with E-state index in [1.54, 1.807) is 12.1 Å². The zero-order valence-corrected chi connectivity index (χ0v) is 12.1. The van der Waals surface area contributed by atoms with Gasteiger partial charge < -0.3 is 14.7 Å². The van der Waals surface area contributed by atoms with Crippen LogP contribution in [0.25, 0.3) is 0 Å². The van der Waals surface area contributed by atoms with Gasteiger partial charge in [-0.1, -0.05) is 18.2 Å². The summed E-state index contributed by atoms with van der Waals surface area (Å²) in [5.74, 6) is 0.624. The lowest BCUT2D eigenvalue weighted by molar-refractivity contribution is 0.286. The normalized spacial score (nSPS) is 11.5. The molecule has 0 aliphatic rings. The van der Waals surface area contributed by atoms with Crippen LogP contribution in [0.15, 0.2) is 30.3 Å². The number of hydrogen-bond acceptors (Lipinski definition) is 4. The van der Waals surface area contributed by atoms with Crippen molar-refractivity contribution in [3.63, 3.8) is 0 Å². The third kappa shape index (κ3) is 6.76. The second-order valence-electron chi connectivity index (χ2n) is 4.53. The molecule has 0 aromatic heterocycles. The largest absolute Gasteiger partial charge is 0.443 e. The maximum atomic E-state index is 12.7. The lowest BCUT2D eigenvalue weighted by Gasteiger charge is -2.19. The highest BCUT2D eigenvalue weighted by atomic mass is 31.2. The van der Waals surface area contributed by atoms with Gasteiger partial charge >= 0.3 is 0 Å². The number of hydrogen-bond donors (Lipinski definition) is 2. The molecule has 1 aromatic carbocycles. The molecule has 0 atom stereocenters. The van der Waals surface area contributed by atoms with Gasteiger partial charge in [0.1, 0.15) is 5.75 Å². The first-order valence-electron chi connectivity index (χ1n) is 6.74. The number of aliphatic hydroxyl groups is 2. The van der Waals surface area contributed by atoms with Gasteiger partial charge in [0.05, 0.1) is 0 Å². The van der Waals surface area contributed by atoms with Gasteiger partial charge in [-0.15, -0.1) is 0 Å². The summed E-state index contributed by atoms with van der Waals surface area (Å²) in [5, 5.41) is 17.6. The molecule has 0 saturated carbocycles. The van der Waals surface area contributed by atoms with Crippen LogP contribution in [0, 0.1) is 0 Å². The Morgan fingerprint density at radius 3 is 1.89 bits per heavy atom. The van der Waals surface area contributed by atoms with Crippen molar-refractivity contribution >= 4 is 7.37 Å². The van der Waals surface area contributed by atoms with Crippen LogP contribution in [0.3, 0.4) is 0 Å². The zero-order valence-electron chi connectivity index (χ0n) is 11.2. The van der Waals surface area contributed by atoms with E-state index in [-0.39, 0.29) is 13.2 Å². The van der Waals surface area contributed by atoms with Crippen LogP contribution < -0.4 is 4.52 Å². The molecular weight excluding hydrogens is 263 g/mol. The van der Waals surface area contributed by atoms with E-state index in [9.17, 15) is 4.57 Å². The number of rotatable bonds is 10. The first-order chi connectivity index (χ1) is 9.20. The molecule has 1 rings (SSSR count). The lowest BCUT2D eigenvalue weighted by Crippen LogP contribution is -2.04. The smallest absolute Gasteiger partial charge is 0.247 e. The standard InChI is InChI=1S/C14H23O4P/c15-10-4-6-12-19(17,13-7-5-11-16)18-14-8-2-1-3-9-14/h1-3,8-9,15-16H,4-7,10-13H2. The minimum absolute atomic E-state index is 0.113. The molecule has 4 nitrogen and oxygen atoms in total. The quantitative estimate of drug-likeness (QED) is 0.512. The van der Waals surface area contributed by atoms with E-state index in [2.05, 4.69) is 0 Å². The molecule has 5 heteroatoms. The topological polar surface area (TPSA) is 66.8 Å². The minimum atomic E-state index is -2.72. The summed E-state index contributed by atoms with van der Waals surface area (Å²) < 4.78 is 18.4. The summed E-state index contributed by atoms with van der Waals surface area (Å²) in [4.78, 5) is 0. The monoisotopic (exact) mass is 286 g/mol. The van der Waals surface area contributed by atoms with E-state index in [0.29, 0.717) is 43.8 Å². The summed E-state index contributed by atoms with van der Waals surface area (Å²) in [6, 6.07) is 9.17. The van der Waals surface area contributed by atoms with Crippen molar-refractivity contribution in [1.82, 2.24) is 0 Å². The Morgan fingerprint density at radius 2 is 1.42 bits per heavy atom. The average Bonchev–Trinajstić information content (AvgIpc) is 2.40. The Bertz CT molecular complexity index is 366. The Labute approximate surface area is 114 Å². The number of para-hydroxylation sites is 1. The van der Waals surface area contributed by atoms with Crippen LogP contribution >= 0.6 is 7.37 Å². The fourth-order valence-corrected chi connectivity index (χ4v) is 4.13. The fourth-order valence-electron chi connectivity index (χ4n) is 1.81. The summed E-state index contributed by atoms with van der Waals surface area (Å²) in [7, 11) is -2.72. The first kappa shape index (κ1) is 16.2. The Hall–Kier alpha value is -0.830. The second kappa shape index (κ2) is 9.13. The number of unbranched alkanes of at least 4 members (excludes halogenated alkanes) is 2. The van der Waals surface area contributed by atoms with Gasteiger partial charge in [0, 0.05) is 25.5 Å². The van der Waals surface area contributed by atoms with Crippen molar-refractivity contribution in [1.29, 1.82) is 0 Å². The summed E-state index contributed by atoms with van der Waals surface area (Å²) >= 11 is 0. The molecule has 0 bridgehead atoms. The molecule has 0 spiro atoms. The molecule has 0 unspecified atom stereocenters. The van der Waals surface area contributed by atoms with Crippen LogP contribution in [0.2, 0.25) is 0 Å². The van der Waals surface area contributed by atoms with E-state index >= 15 is 0 Å². The van der Waals surface area contributed by atoms with Gasteiger partial charge in [0.2, 0.25) is 7.37 Å². The highest BCUT2D eigenvalue weighted by molar-refractivity contribution is 7.59. The molecule has 0 aliphatic heterocycles. The van der Waals surface area contributed by atoms with Crippen molar-refractivity contribution in [3.8, 4) is 5.75 Å². The summed E-state index contributed by atoms with van der Waals surface area (Å²) in [6.45, 7) is 0.226. The van der Waals surface area contributed by atoms with Gasteiger partial charge in [-0.25, -0.2) is 0 Å². The predicted octanol–water partition coefficient (Wildman–Crippen LogP) is 2.89. The van der Waals surface area contributed by atoms with Gasteiger partial charge in [0.25, 0.3) is 0 Å². The molecular formula is C14H23O4P. The van der Waals surface area contributed by atoms with Gasteiger partial charge in [-0.2, -0.15) is 0 Å². The van der Waals surface area contributed by atoms with Crippen molar-refractivity contribution < 1.29 is 19.3 Å². The Balaban J connectivity index is 2.59. The van der Waals surface area contributed by atoms with Gasteiger partial charge in [-0.05, 0) is 37.8 Å². The highest BCUT2D eigenvalue weighted by Crippen LogP contribution is 2.48. The van der Waals surface area contributed by atoms with Crippen LogP contribution in [0.5, 0.6) is 5.75 Å². The van der Waals surface area contributed by atoms with E-state index in [1.165, 1.54) is 0 Å². The molecule has 0 saturated heterocycles. The summed E-state index contributed by atoms with van der Waals surface area (Å²) in [6.07, 6.45) is 3.63. The molecule has 108 valence electrons. The number of aliphatic hydroxyl groups excluding tert-OH is 2. The zero-order chi connectivity index (χ0) is 14.0.